The third-order valence-corrected chi connectivity index (χ3v) is 3.69. The molecule has 0 saturated carbocycles. The standard InChI is InChI=1S/C17H15Cl2NO/c1-20(12-13-6-3-2-4-7-13)17(21)11-10-14-15(18)8-5-9-16(14)19/h2-11H,12H2,1H3/b11-10+. The van der Waals surface area contributed by atoms with Gasteiger partial charge >= 0.3 is 0 Å². The number of amides is 1. The van der Waals surface area contributed by atoms with E-state index in [1.54, 1.807) is 36.2 Å². The molecule has 4 heteroatoms. The number of nitrogens with zero attached hydrogens (tertiary/aromatic N) is 1. The van der Waals surface area contributed by atoms with Crippen molar-refractivity contribution in [2.45, 2.75) is 6.54 Å². The summed E-state index contributed by atoms with van der Waals surface area (Å²) < 4.78 is 0. The van der Waals surface area contributed by atoms with Gasteiger partial charge in [-0.05, 0) is 23.8 Å². The second-order valence-electron chi connectivity index (χ2n) is 4.65. The highest BCUT2D eigenvalue weighted by atomic mass is 35.5. The summed E-state index contributed by atoms with van der Waals surface area (Å²) in [6.45, 7) is 0.556. The lowest BCUT2D eigenvalue weighted by atomic mass is 10.2. The summed E-state index contributed by atoms with van der Waals surface area (Å²) in [5.74, 6) is -0.102. The van der Waals surface area contributed by atoms with Crippen LogP contribution in [0.2, 0.25) is 10.0 Å². The van der Waals surface area contributed by atoms with E-state index in [1.165, 1.54) is 6.08 Å². The Bertz CT molecular complexity index is 633. The molecule has 108 valence electrons. The van der Waals surface area contributed by atoms with Crippen molar-refractivity contribution >= 4 is 35.2 Å². The van der Waals surface area contributed by atoms with Crippen LogP contribution in [0.1, 0.15) is 11.1 Å². The minimum atomic E-state index is -0.102. The number of hydrogen-bond acceptors (Lipinski definition) is 1. The topological polar surface area (TPSA) is 20.3 Å². The van der Waals surface area contributed by atoms with Crippen molar-refractivity contribution in [2.24, 2.45) is 0 Å². The average molecular weight is 320 g/mol. The van der Waals surface area contributed by atoms with Crippen molar-refractivity contribution in [3.05, 3.63) is 75.8 Å². The maximum absolute atomic E-state index is 12.1. The summed E-state index contributed by atoms with van der Waals surface area (Å²) in [7, 11) is 1.76. The van der Waals surface area contributed by atoms with Crippen molar-refractivity contribution in [1.29, 1.82) is 0 Å². The molecule has 0 radical (unpaired) electrons. The largest absolute Gasteiger partial charge is 0.338 e. The molecule has 2 rings (SSSR count). The summed E-state index contributed by atoms with van der Waals surface area (Å²) >= 11 is 12.1. The van der Waals surface area contributed by atoms with Gasteiger partial charge in [0.05, 0.1) is 0 Å². The zero-order valence-electron chi connectivity index (χ0n) is 11.6. The Balaban J connectivity index is 2.05. The van der Waals surface area contributed by atoms with E-state index in [2.05, 4.69) is 0 Å². The van der Waals surface area contributed by atoms with E-state index in [0.717, 1.165) is 5.56 Å². The first-order valence-electron chi connectivity index (χ1n) is 6.49. The molecule has 0 fully saturated rings. The SMILES string of the molecule is CN(Cc1ccccc1)C(=O)/C=C/c1c(Cl)cccc1Cl. The molecule has 0 aliphatic carbocycles. The number of hydrogen-bond donors (Lipinski definition) is 0. The van der Waals surface area contributed by atoms with E-state index < -0.39 is 0 Å². The van der Waals surface area contributed by atoms with Crippen molar-refractivity contribution < 1.29 is 4.79 Å². The predicted molar refractivity (Wildman–Crippen MR) is 88.4 cm³/mol. The van der Waals surface area contributed by atoms with Gasteiger partial charge in [-0.25, -0.2) is 0 Å². The molecular formula is C17H15Cl2NO. The van der Waals surface area contributed by atoms with Crippen LogP contribution in [-0.2, 0) is 11.3 Å². The molecule has 0 saturated heterocycles. The fourth-order valence-electron chi connectivity index (χ4n) is 1.89. The van der Waals surface area contributed by atoms with E-state index in [4.69, 9.17) is 23.2 Å². The third-order valence-electron chi connectivity index (χ3n) is 3.03. The van der Waals surface area contributed by atoms with E-state index >= 15 is 0 Å². The molecule has 21 heavy (non-hydrogen) atoms. The first-order valence-corrected chi connectivity index (χ1v) is 7.24. The molecule has 0 heterocycles. The Hall–Kier alpha value is -1.77. The van der Waals surface area contributed by atoms with E-state index in [9.17, 15) is 4.79 Å². The molecule has 2 nitrogen and oxygen atoms in total. The number of carbonyl (C=O) groups excluding carboxylic acids is 1. The Kier molecular flexibility index (Phi) is 5.43. The molecule has 0 spiro atoms. The number of carbonyl (C=O) groups is 1. The van der Waals surface area contributed by atoms with Gasteiger partial charge in [0.1, 0.15) is 0 Å². The fourth-order valence-corrected chi connectivity index (χ4v) is 2.41. The second-order valence-corrected chi connectivity index (χ2v) is 5.46. The molecule has 2 aromatic rings. The maximum atomic E-state index is 12.1. The number of benzene rings is 2. The van der Waals surface area contributed by atoms with Gasteiger partial charge in [-0.1, -0.05) is 59.6 Å². The van der Waals surface area contributed by atoms with Crippen LogP contribution in [0.5, 0.6) is 0 Å². The first kappa shape index (κ1) is 15.6. The molecule has 0 unspecified atom stereocenters. The van der Waals surface area contributed by atoms with Gasteiger partial charge < -0.3 is 4.90 Å². The fraction of sp³-hybridized carbons (Fsp3) is 0.118. The van der Waals surface area contributed by atoms with Gasteiger partial charge in [-0.2, -0.15) is 0 Å². The smallest absolute Gasteiger partial charge is 0.246 e. The predicted octanol–water partition coefficient (Wildman–Crippen LogP) is 4.67. The summed E-state index contributed by atoms with van der Waals surface area (Å²) in [4.78, 5) is 13.7. The zero-order valence-corrected chi connectivity index (χ0v) is 13.1. The van der Waals surface area contributed by atoms with Crippen molar-refractivity contribution in [2.75, 3.05) is 7.05 Å². The second kappa shape index (κ2) is 7.30. The summed E-state index contributed by atoms with van der Waals surface area (Å²) in [5, 5.41) is 1.05. The number of halogens is 2. The maximum Gasteiger partial charge on any atom is 0.246 e. The summed E-state index contributed by atoms with van der Waals surface area (Å²) in [6, 6.07) is 15.1. The van der Waals surface area contributed by atoms with Crippen LogP contribution in [-0.4, -0.2) is 17.9 Å². The lowest BCUT2D eigenvalue weighted by Gasteiger charge is -2.15. The van der Waals surface area contributed by atoms with Crippen LogP contribution >= 0.6 is 23.2 Å². The molecule has 0 aromatic heterocycles. The Labute approximate surface area is 134 Å². The highest BCUT2D eigenvalue weighted by Gasteiger charge is 2.07. The minimum absolute atomic E-state index is 0.102. The van der Waals surface area contributed by atoms with Gasteiger partial charge in [0.25, 0.3) is 0 Å². The lowest BCUT2D eigenvalue weighted by molar-refractivity contribution is -0.125. The highest BCUT2D eigenvalue weighted by molar-refractivity contribution is 6.37. The molecule has 0 bridgehead atoms. The van der Waals surface area contributed by atoms with E-state index in [1.807, 2.05) is 30.3 Å². The van der Waals surface area contributed by atoms with Gasteiger partial charge in [-0.15, -0.1) is 0 Å². The Morgan fingerprint density at radius 1 is 1.05 bits per heavy atom. The molecular weight excluding hydrogens is 305 g/mol. The third kappa shape index (κ3) is 4.35. The molecule has 2 aromatic carbocycles. The minimum Gasteiger partial charge on any atom is -0.338 e. The summed E-state index contributed by atoms with van der Waals surface area (Å²) in [5.41, 5.74) is 1.74. The zero-order chi connectivity index (χ0) is 15.2. The van der Waals surface area contributed by atoms with E-state index in [-0.39, 0.29) is 5.91 Å². The normalized spacial score (nSPS) is 10.8. The van der Waals surface area contributed by atoms with Crippen LogP contribution in [0, 0.1) is 0 Å². The molecule has 0 aliphatic heterocycles. The van der Waals surface area contributed by atoms with Gasteiger partial charge in [0.2, 0.25) is 5.91 Å². The van der Waals surface area contributed by atoms with Crippen LogP contribution < -0.4 is 0 Å². The Morgan fingerprint density at radius 3 is 2.29 bits per heavy atom. The highest BCUT2D eigenvalue weighted by Crippen LogP contribution is 2.25. The first-order chi connectivity index (χ1) is 10.1. The van der Waals surface area contributed by atoms with Crippen LogP contribution in [0.25, 0.3) is 6.08 Å². The van der Waals surface area contributed by atoms with Crippen molar-refractivity contribution in [3.8, 4) is 0 Å². The van der Waals surface area contributed by atoms with Crippen molar-refractivity contribution in [1.82, 2.24) is 4.90 Å². The van der Waals surface area contributed by atoms with E-state index in [0.29, 0.717) is 22.2 Å². The van der Waals surface area contributed by atoms with Gasteiger partial charge in [0.15, 0.2) is 0 Å². The average Bonchev–Trinajstić information content (AvgIpc) is 2.47. The van der Waals surface area contributed by atoms with Gasteiger partial charge in [-0.3, -0.25) is 4.79 Å². The van der Waals surface area contributed by atoms with Crippen LogP contribution in [0.3, 0.4) is 0 Å². The summed E-state index contributed by atoms with van der Waals surface area (Å²) in [6.07, 6.45) is 3.13. The van der Waals surface area contributed by atoms with Crippen molar-refractivity contribution in [3.63, 3.8) is 0 Å². The van der Waals surface area contributed by atoms with Crippen LogP contribution in [0.15, 0.2) is 54.6 Å². The van der Waals surface area contributed by atoms with Gasteiger partial charge in [0, 0.05) is 35.3 Å². The molecule has 1 amide bonds. The Morgan fingerprint density at radius 2 is 1.67 bits per heavy atom. The molecule has 0 N–H and O–H groups in total. The lowest BCUT2D eigenvalue weighted by Crippen LogP contribution is -2.24. The van der Waals surface area contributed by atoms with Crippen LogP contribution in [0.4, 0.5) is 0 Å². The molecule has 0 aliphatic rings. The quantitative estimate of drug-likeness (QED) is 0.750. The number of likely N-dealkylation sites (N-methyl/N-ethyl adjacent to an activating group) is 1. The molecule has 0 atom stereocenters. The monoisotopic (exact) mass is 319 g/mol. The number of rotatable bonds is 4.